The molecule has 0 aromatic heterocycles. The largest absolute Gasteiger partial charge is 0.466 e. The topological polar surface area (TPSA) is 69.4 Å². The summed E-state index contributed by atoms with van der Waals surface area (Å²) in [5, 5.41) is 0. The molecule has 0 saturated carbocycles. The Morgan fingerprint density at radius 2 is 1.77 bits per heavy atom. The summed E-state index contributed by atoms with van der Waals surface area (Å²) in [6.45, 7) is 2.06. The molecule has 0 atom stereocenters. The number of ketones is 1. The van der Waals surface area contributed by atoms with Crippen LogP contribution in [0.25, 0.3) is 0 Å². The van der Waals surface area contributed by atoms with Gasteiger partial charge in [-0.25, -0.2) is 0 Å². The molecule has 0 heterocycles. The van der Waals surface area contributed by atoms with Gasteiger partial charge in [-0.2, -0.15) is 0 Å². The van der Waals surface area contributed by atoms with Crippen molar-refractivity contribution in [2.24, 2.45) is 0 Å². The minimum absolute atomic E-state index is 0.0523. The summed E-state index contributed by atoms with van der Waals surface area (Å²) in [4.78, 5) is 24.2. The molecule has 0 radical (unpaired) electrons. The summed E-state index contributed by atoms with van der Waals surface area (Å²) in [6, 6.07) is 12.2. The first-order chi connectivity index (χ1) is 10.5. The molecule has 5 heteroatoms. The normalized spacial score (nSPS) is 10.3. The molecular formula is C17H16BrNO3. The monoisotopic (exact) mass is 361 g/mol. The van der Waals surface area contributed by atoms with Crippen molar-refractivity contribution in [2.75, 3.05) is 12.3 Å². The third-order valence-electron chi connectivity index (χ3n) is 3.20. The number of nitrogen functional groups attached to an aromatic ring is 1. The summed E-state index contributed by atoms with van der Waals surface area (Å²) < 4.78 is 5.62. The van der Waals surface area contributed by atoms with Gasteiger partial charge in [0.15, 0.2) is 5.78 Å². The highest BCUT2D eigenvalue weighted by molar-refractivity contribution is 9.10. The van der Waals surface area contributed by atoms with Crippen molar-refractivity contribution in [3.05, 3.63) is 63.6 Å². The minimum Gasteiger partial charge on any atom is -0.466 e. The van der Waals surface area contributed by atoms with Gasteiger partial charge >= 0.3 is 5.97 Å². The van der Waals surface area contributed by atoms with Gasteiger partial charge in [0.2, 0.25) is 0 Å². The van der Waals surface area contributed by atoms with Gasteiger partial charge in [0, 0.05) is 21.3 Å². The Labute approximate surface area is 137 Å². The number of carbonyl (C=O) groups is 2. The predicted octanol–water partition coefficient (Wildman–Crippen LogP) is 3.37. The van der Waals surface area contributed by atoms with Crippen LogP contribution in [0.3, 0.4) is 0 Å². The summed E-state index contributed by atoms with van der Waals surface area (Å²) >= 11 is 3.36. The molecular weight excluding hydrogens is 346 g/mol. The van der Waals surface area contributed by atoms with E-state index in [0.717, 1.165) is 0 Å². The Balaban J connectivity index is 2.35. The molecule has 0 amide bonds. The third kappa shape index (κ3) is 3.54. The zero-order chi connectivity index (χ0) is 16.1. The van der Waals surface area contributed by atoms with E-state index in [2.05, 4.69) is 15.9 Å². The fraction of sp³-hybridized carbons (Fsp3) is 0.176. The number of benzene rings is 2. The van der Waals surface area contributed by atoms with Crippen molar-refractivity contribution >= 4 is 33.4 Å². The van der Waals surface area contributed by atoms with Gasteiger partial charge in [0.1, 0.15) is 0 Å². The van der Waals surface area contributed by atoms with Crippen molar-refractivity contribution in [1.82, 2.24) is 0 Å². The van der Waals surface area contributed by atoms with Gasteiger partial charge in [0.05, 0.1) is 13.0 Å². The molecule has 4 nitrogen and oxygen atoms in total. The van der Waals surface area contributed by atoms with Crippen LogP contribution in [0, 0.1) is 0 Å². The summed E-state index contributed by atoms with van der Waals surface area (Å²) in [7, 11) is 0. The Bertz CT molecular complexity index is 713. The van der Waals surface area contributed by atoms with E-state index in [0.29, 0.717) is 33.5 Å². The van der Waals surface area contributed by atoms with E-state index in [1.165, 1.54) is 0 Å². The maximum Gasteiger partial charge on any atom is 0.310 e. The fourth-order valence-electron chi connectivity index (χ4n) is 2.12. The highest BCUT2D eigenvalue weighted by atomic mass is 79.9. The second-order valence-corrected chi connectivity index (χ2v) is 5.52. The van der Waals surface area contributed by atoms with Gasteiger partial charge in [0.25, 0.3) is 0 Å². The van der Waals surface area contributed by atoms with Crippen molar-refractivity contribution in [1.29, 1.82) is 0 Å². The molecule has 0 fully saturated rings. The highest BCUT2D eigenvalue weighted by Gasteiger charge is 2.17. The molecule has 2 rings (SSSR count). The van der Waals surface area contributed by atoms with E-state index in [-0.39, 0.29) is 18.2 Å². The van der Waals surface area contributed by atoms with Crippen molar-refractivity contribution in [2.45, 2.75) is 13.3 Å². The molecule has 0 bridgehead atoms. The lowest BCUT2D eigenvalue weighted by molar-refractivity contribution is -0.142. The van der Waals surface area contributed by atoms with E-state index >= 15 is 0 Å². The number of rotatable bonds is 5. The number of ether oxygens (including phenoxy) is 1. The van der Waals surface area contributed by atoms with Gasteiger partial charge in [-0.1, -0.05) is 40.2 Å². The van der Waals surface area contributed by atoms with Crippen LogP contribution in [-0.4, -0.2) is 18.4 Å². The molecule has 0 aliphatic rings. The second-order valence-electron chi connectivity index (χ2n) is 4.67. The molecule has 2 aromatic carbocycles. The molecule has 0 spiro atoms. The fourth-order valence-corrected chi connectivity index (χ4v) is 2.59. The lowest BCUT2D eigenvalue weighted by Crippen LogP contribution is -2.12. The number of nitrogens with two attached hydrogens (primary N) is 1. The van der Waals surface area contributed by atoms with Crippen molar-refractivity contribution in [3.8, 4) is 0 Å². The van der Waals surface area contributed by atoms with Crippen LogP contribution in [0.5, 0.6) is 0 Å². The standard InChI is InChI=1S/C17H16BrNO3/c1-2-22-15(20)10-11-6-5-8-13(16(11)19)17(21)12-7-3-4-9-14(12)18/h3-9H,2,10,19H2,1H3. The molecule has 114 valence electrons. The zero-order valence-electron chi connectivity index (χ0n) is 12.1. The van der Waals surface area contributed by atoms with Crippen molar-refractivity contribution in [3.63, 3.8) is 0 Å². The summed E-state index contributed by atoms with van der Waals surface area (Å²) in [5.74, 6) is -0.546. The highest BCUT2D eigenvalue weighted by Crippen LogP contribution is 2.25. The predicted molar refractivity (Wildman–Crippen MR) is 88.8 cm³/mol. The van der Waals surface area contributed by atoms with Gasteiger partial charge < -0.3 is 10.5 Å². The SMILES string of the molecule is CCOC(=O)Cc1cccc(C(=O)c2ccccc2Br)c1N. The van der Waals surface area contributed by atoms with Crippen LogP contribution in [0.4, 0.5) is 5.69 Å². The van der Waals surface area contributed by atoms with Crippen LogP contribution in [0.2, 0.25) is 0 Å². The van der Waals surface area contributed by atoms with Gasteiger partial charge in [-0.15, -0.1) is 0 Å². The molecule has 0 aliphatic heterocycles. The lowest BCUT2D eigenvalue weighted by atomic mass is 9.98. The zero-order valence-corrected chi connectivity index (χ0v) is 13.7. The van der Waals surface area contributed by atoms with E-state index in [4.69, 9.17) is 10.5 Å². The summed E-state index contributed by atoms with van der Waals surface area (Å²) in [5.41, 5.74) is 7.90. The molecule has 22 heavy (non-hydrogen) atoms. The number of carbonyl (C=O) groups excluding carboxylic acids is 2. The number of hydrogen-bond acceptors (Lipinski definition) is 4. The number of hydrogen-bond donors (Lipinski definition) is 1. The first-order valence-corrected chi connectivity index (χ1v) is 7.66. The van der Waals surface area contributed by atoms with E-state index < -0.39 is 0 Å². The smallest absolute Gasteiger partial charge is 0.310 e. The Kier molecular flexibility index (Phi) is 5.33. The average molecular weight is 362 g/mol. The molecule has 0 unspecified atom stereocenters. The first kappa shape index (κ1) is 16.2. The quantitative estimate of drug-likeness (QED) is 0.503. The molecule has 2 aromatic rings. The van der Waals surface area contributed by atoms with Crippen molar-refractivity contribution < 1.29 is 14.3 Å². The van der Waals surface area contributed by atoms with E-state index in [1.54, 1.807) is 43.3 Å². The number of anilines is 1. The van der Waals surface area contributed by atoms with Crippen LogP contribution < -0.4 is 5.73 Å². The average Bonchev–Trinajstić information content (AvgIpc) is 2.49. The van der Waals surface area contributed by atoms with E-state index in [1.807, 2.05) is 6.07 Å². The van der Waals surface area contributed by atoms with Crippen LogP contribution in [0.15, 0.2) is 46.9 Å². The molecule has 2 N–H and O–H groups in total. The van der Waals surface area contributed by atoms with Crippen LogP contribution in [0.1, 0.15) is 28.4 Å². The lowest BCUT2D eigenvalue weighted by Gasteiger charge is -2.11. The van der Waals surface area contributed by atoms with Crippen LogP contribution in [-0.2, 0) is 16.0 Å². The maximum atomic E-state index is 12.6. The minimum atomic E-state index is -0.361. The number of esters is 1. The summed E-state index contributed by atoms with van der Waals surface area (Å²) in [6.07, 6.45) is 0.0523. The van der Waals surface area contributed by atoms with Gasteiger partial charge in [-0.3, -0.25) is 9.59 Å². The Hall–Kier alpha value is -2.14. The molecule has 0 saturated heterocycles. The third-order valence-corrected chi connectivity index (χ3v) is 3.89. The first-order valence-electron chi connectivity index (χ1n) is 6.86. The van der Waals surface area contributed by atoms with E-state index in [9.17, 15) is 9.59 Å². The maximum absolute atomic E-state index is 12.6. The van der Waals surface area contributed by atoms with Crippen LogP contribution >= 0.6 is 15.9 Å². The second kappa shape index (κ2) is 7.22. The molecule has 0 aliphatic carbocycles. The van der Waals surface area contributed by atoms with Gasteiger partial charge in [-0.05, 0) is 30.7 Å². The Morgan fingerprint density at radius 3 is 2.45 bits per heavy atom. The number of para-hydroxylation sites is 1. The Morgan fingerprint density at radius 1 is 1.09 bits per heavy atom. The number of halogens is 1.